The molecule has 1 heterocycles. The van der Waals surface area contributed by atoms with E-state index >= 15 is 0 Å². The maximum absolute atomic E-state index is 10.4. The summed E-state index contributed by atoms with van der Waals surface area (Å²) in [5.41, 5.74) is -0.524. The maximum Gasteiger partial charge on any atom is 0.339 e. The van der Waals surface area contributed by atoms with Crippen LogP contribution in [0, 0.1) is 0 Å². The van der Waals surface area contributed by atoms with Gasteiger partial charge in [0.1, 0.15) is 11.8 Å². The van der Waals surface area contributed by atoms with Gasteiger partial charge in [0, 0.05) is 0 Å². The zero-order valence-corrected chi connectivity index (χ0v) is 5.81. The summed E-state index contributed by atoms with van der Waals surface area (Å²) in [5.74, 6) is -1.56. The monoisotopic (exact) mass is 168 g/mol. The van der Waals surface area contributed by atoms with E-state index in [2.05, 4.69) is 4.42 Å². The molecule has 0 spiro atoms. The lowest BCUT2D eigenvalue weighted by Crippen LogP contribution is -1.99. The van der Waals surface area contributed by atoms with Gasteiger partial charge in [-0.1, -0.05) is 0 Å². The molecule has 0 unspecified atom stereocenters. The molecule has 0 radical (unpaired) electrons. The first kappa shape index (κ1) is 8.19. The average molecular weight is 168 g/mol. The fourth-order valence-electron chi connectivity index (χ4n) is 0.761. The Morgan fingerprint density at radius 2 is 2.08 bits per heavy atom. The molecule has 0 amide bonds. The second-order valence-electron chi connectivity index (χ2n) is 1.97. The Morgan fingerprint density at radius 1 is 1.42 bits per heavy atom. The van der Waals surface area contributed by atoms with Crippen LogP contribution in [0.15, 0.2) is 10.7 Å². The minimum atomic E-state index is -1.30. The minimum absolute atomic E-state index is 0.225. The van der Waals surface area contributed by atoms with Gasteiger partial charge in [-0.2, -0.15) is 0 Å². The molecule has 1 aromatic heterocycles. The van der Waals surface area contributed by atoms with Gasteiger partial charge >= 0.3 is 5.97 Å². The Hall–Kier alpha value is -1.91. The highest BCUT2D eigenvalue weighted by Gasteiger charge is 2.17. The number of aromatic carboxylic acids is 1. The summed E-state index contributed by atoms with van der Waals surface area (Å²) in [7, 11) is 0. The molecule has 5 nitrogen and oxygen atoms in total. The second kappa shape index (κ2) is 3.00. The van der Waals surface area contributed by atoms with Crippen molar-refractivity contribution in [3.8, 4) is 0 Å². The van der Waals surface area contributed by atoms with E-state index in [-0.39, 0.29) is 29.5 Å². The molecule has 0 saturated heterocycles. The molecule has 0 fully saturated rings. The molecule has 5 heteroatoms. The molecule has 1 rings (SSSR count). The van der Waals surface area contributed by atoms with Gasteiger partial charge in [-0.25, -0.2) is 4.79 Å². The summed E-state index contributed by atoms with van der Waals surface area (Å²) in [4.78, 5) is 30.8. The van der Waals surface area contributed by atoms with Crippen molar-refractivity contribution in [1.29, 1.82) is 0 Å². The highest BCUT2D eigenvalue weighted by molar-refractivity contribution is 6.01. The van der Waals surface area contributed by atoms with Crippen molar-refractivity contribution in [2.75, 3.05) is 0 Å². The van der Waals surface area contributed by atoms with Crippen LogP contribution in [0.25, 0.3) is 0 Å². The topological polar surface area (TPSA) is 84.6 Å². The molecule has 12 heavy (non-hydrogen) atoms. The largest absolute Gasteiger partial charge is 0.478 e. The van der Waals surface area contributed by atoms with Crippen LogP contribution < -0.4 is 0 Å². The normalized spacial score (nSPS) is 9.33. The number of carbonyl (C=O) groups excluding carboxylic acids is 2. The summed E-state index contributed by atoms with van der Waals surface area (Å²) in [6.07, 6.45) is 1.42. The lowest BCUT2D eigenvalue weighted by Gasteiger charge is -1.86. The number of aldehydes is 2. The molecule has 0 bridgehead atoms. The highest BCUT2D eigenvalue weighted by Crippen LogP contribution is 2.13. The quantitative estimate of drug-likeness (QED) is 0.668. The minimum Gasteiger partial charge on any atom is -0.478 e. The van der Waals surface area contributed by atoms with E-state index in [1.807, 2.05) is 0 Å². The van der Waals surface area contributed by atoms with Crippen molar-refractivity contribution in [2.45, 2.75) is 0 Å². The van der Waals surface area contributed by atoms with E-state index < -0.39 is 5.97 Å². The van der Waals surface area contributed by atoms with Crippen molar-refractivity contribution < 1.29 is 23.9 Å². The predicted octanol–water partition coefficient (Wildman–Crippen LogP) is 0.603. The number of carbonyl (C=O) groups is 3. The molecule has 0 aliphatic carbocycles. The second-order valence-corrected chi connectivity index (χ2v) is 1.97. The van der Waals surface area contributed by atoms with Crippen molar-refractivity contribution in [1.82, 2.24) is 0 Å². The van der Waals surface area contributed by atoms with E-state index in [4.69, 9.17) is 5.11 Å². The third-order valence-electron chi connectivity index (χ3n) is 1.31. The first-order chi connectivity index (χ1) is 5.70. The molecular formula is C7H4O5. The van der Waals surface area contributed by atoms with Crippen molar-refractivity contribution in [2.24, 2.45) is 0 Å². The average Bonchev–Trinajstić information content (AvgIpc) is 2.46. The Balaban J connectivity index is 3.31. The van der Waals surface area contributed by atoms with E-state index in [1.54, 1.807) is 0 Å². The van der Waals surface area contributed by atoms with Crippen molar-refractivity contribution in [3.63, 3.8) is 0 Å². The van der Waals surface area contributed by atoms with Crippen LogP contribution in [0.2, 0.25) is 0 Å². The summed E-state index contributed by atoms with van der Waals surface area (Å²) >= 11 is 0. The standard InChI is InChI=1S/C7H4O5/c8-1-4-5(7(10)11)3-12-6(4)2-9/h1-3H,(H,10,11). The summed E-state index contributed by atoms with van der Waals surface area (Å²) in [6, 6.07) is 0. The summed E-state index contributed by atoms with van der Waals surface area (Å²) in [6.45, 7) is 0. The molecule has 62 valence electrons. The highest BCUT2D eigenvalue weighted by atomic mass is 16.4. The number of furan rings is 1. The predicted molar refractivity (Wildman–Crippen MR) is 36.4 cm³/mol. The van der Waals surface area contributed by atoms with Gasteiger partial charge < -0.3 is 9.52 Å². The number of carboxylic acids is 1. The van der Waals surface area contributed by atoms with E-state index in [9.17, 15) is 14.4 Å². The number of hydrogen-bond acceptors (Lipinski definition) is 4. The summed E-state index contributed by atoms with van der Waals surface area (Å²) < 4.78 is 4.52. The Labute approximate surface area is 66.6 Å². The first-order valence-corrected chi connectivity index (χ1v) is 2.95. The number of hydrogen-bond donors (Lipinski definition) is 1. The van der Waals surface area contributed by atoms with Gasteiger partial charge in [0.2, 0.25) is 0 Å². The van der Waals surface area contributed by atoms with Gasteiger partial charge in [0.15, 0.2) is 18.3 Å². The SMILES string of the molecule is O=Cc1occ(C(=O)O)c1C=O. The Morgan fingerprint density at radius 3 is 2.50 bits per heavy atom. The van der Waals surface area contributed by atoms with Crippen LogP contribution in [0.4, 0.5) is 0 Å². The fraction of sp³-hybridized carbons (Fsp3) is 0. The molecule has 0 aliphatic rings. The van der Waals surface area contributed by atoms with Gasteiger partial charge in [0.25, 0.3) is 0 Å². The smallest absolute Gasteiger partial charge is 0.339 e. The maximum atomic E-state index is 10.4. The molecule has 0 atom stereocenters. The lowest BCUT2D eigenvalue weighted by molar-refractivity contribution is 0.0693. The number of carboxylic acid groups (broad SMARTS) is 1. The van der Waals surface area contributed by atoms with Gasteiger partial charge in [0.05, 0.1) is 5.56 Å². The van der Waals surface area contributed by atoms with Crippen molar-refractivity contribution in [3.05, 3.63) is 23.2 Å². The van der Waals surface area contributed by atoms with Crippen LogP contribution in [-0.4, -0.2) is 23.6 Å². The number of rotatable bonds is 3. The van der Waals surface area contributed by atoms with Crippen molar-refractivity contribution >= 4 is 18.5 Å². The Kier molecular flexibility index (Phi) is 2.05. The van der Waals surface area contributed by atoms with Crippen LogP contribution in [0.3, 0.4) is 0 Å². The molecule has 0 aromatic carbocycles. The first-order valence-electron chi connectivity index (χ1n) is 2.95. The zero-order chi connectivity index (χ0) is 9.14. The lowest BCUT2D eigenvalue weighted by atomic mass is 10.2. The molecular weight excluding hydrogens is 164 g/mol. The molecule has 0 saturated carbocycles. The van der Waals surface area contributed by atoms with E-state index in [0.29, 0.717) is 0 Å². The van der Waals surface area contributed by atoms with E-state index in [0.717, 1.165) is 6.26 Å². The summed E-state index contributed by atoms with van der Waals surface area (Å²) in [5, 5.41) is 8.47. The third kappa shape index (κ3) is 1.12. The fourth-order valence-corrected chi connectivity index (χ4v) is 0.761. The van der Waals surface area contributed by atoms with Gasteiger partial charge in [-0.05, 0) is 0 Å². The van der Waals surface area contributed by atoms with Crippen LogP contribution >= 0.6 is 0 Å². The molecule has 1 N–H and O–H groups in total. The van der Waals surface area contributed by atoms with Gasteiger partial charge in [-0.15, -0.1) is 0 Å². The van der Waals surface area contributed by atoms with Crippen LogP contribution in [-0.2, 0) is 0 Å². The van der Waals surface area contributed by atoms with E-state index in [1.165, 1.54) is 0 Å². The van der Waals surface area contributed by atoms with Gasteiger partial charge in [-0.3, -0.25) is 9.59 Å². The van der Waals surface area contributed by atoms with Crippen LogP contribution in [0.5, 0.6) is 0 Å². The zero-order valence-electron chi connectivity index (χ0n) is 5.81. The third-order valence-corrected chi connectivity index (χ3v) is 1.31. The Bertz CT molecular complexity index is 336. The molecule has 0 aliphatic heterocycles. The molecule has 1 aromatic rings. The van der Waals surface area contributed by atoms with Crippen LogP contribution in [0.1, 0.15) is 31.3 Å².